The molecular weight excluding hydrogens is 212 g/mol. The molecule has 0 aliphatic heterocycles. The third-order valence-corrected chi connectivity index (χ3v) is 4.27. The molecule has 0 heterocycles. The van der Waals surface area contributed by atoms with Gasteiger partial charge in [-0.3, -0.25) is 0 Å². The van der Waals surface area contributed by atoms with E-state index in [0.717, 1.165) is 12.8 Å². The summed E-state index contributed by atoms with van der Waals surface area (Å²) in [4.78, 5) is 0. The molecule has 0 amide bonds. The van der Waals surface area contributed by atoms with Gasteiger partial charge in [0.2, 0.25) is 0 Å². The Balaban J connectivity index is 2.04. The Kier molecular flexibility index (Phi) is 3.55. The van der Waals surface area contributed by atoms with Crippen molar-refractivity contribution in [3.05, 3.63) is 35.9 Å². The van der Waals surface area contributed by atoms with E-state index >= 15 is 0 Å². The van der Waals surface area contributed by atoms with Crippen molar-refractivity contribution in [2.24, 2.45) is 5.92 Å². The highest BCUT2D eigenvalue weighted by Crippen LogP contribution is 2.52. The van der Waals surface area contributed by atoms with Crippen LogP contribution in [0.4, 0.5) is 0 Å². The van der Waals surface area contributed by atoms with Gasteiger partial charge in [-0.2, -0.15) is 0 Å². The molecule has 1 aromatic rings. The van der Waals surface area contributed by atoms with Crippen LogP contribution in [0.5, 0.6) is 0 Å². The molecule has 1 N–H and O–H groups in total. The Morgan fingerprint density at radius 1 is 1.41 bits per heavy atom. The molecule has 0 saturated heterocycles. The summed E-state index contributed by atoms with van der Waals surface area (Å²) in [5.74, 6) is 0.856. The summed E-state index contributed by atoms with van der Waals surface area (Å²) in [6.07, 6.45) is 1.54. The minimum atomic E-state index is -0.409. The average molecular weight is 234 g/mol. The molecule has 2 heteroatoms. The highest BCUT2D eigenvalue weighted by molar-refractivity contribution is 5.27. The van der Waals surface area contributed by atoms with Crippen molar-refractivity contribution in [1.29, 1.82) is 0 Å². The Morgan fingerprint density at radius 3 is 2.59 bits per heavy atom. The molecule has 1 aromatic carbocycles. The van der Waals surface area contributed by atoms with Gasteiger partial charge in [-0.05, 0) is 37.2 Å². The van der Waals surface area contributed by atoms with Crippen LogP contribution in [0, 0.1) is 5.92 Å². The highest BCUT2D eigenvalue weighted by atomic mass is 16.5. The molecule has 2 nitrogen and oxygen atoms in total. The maximum absolute atomic E-state index is 10.4. The van der Waals surface area contributed by atoms with Crippen LogP contribution in [0.2, 0.25) is 0 Å². The number of rotatable bonds is 5. The van der Waals surface area contributed by atoms with Gasteiger partial charge in [0.15, 0.2) is 0 Å². The number of aliphatic hydroxyl groups is 1. The third-order valence-electron chi connectivity index (χ3n) is 4.27. The monoisotopic (exact) mass is 234 g/mol. The Hall–Kier alpha value is -0.860. The van der Waals surface area contributed by atoms with Crippen LogP contribution in [-0.4, -0.2) is 23.9 Å². The fourth-order valence-corrected chi connectivity index (χ4v) is 2.57. The molecule has 1 saturated carbocycles. The molecule has 94 valence electrons. The molecule has 0 aromatic heterocycles. The Morgan fingerprint density at radius 2 is 2.06 bits per heavy atom. The lowest BCUT2D eigenvalue weighted by Crippen LogP contribution is -2.42. The van der Waals surface area contributed by atoms with Crippen molar-refractivity contribution in [3.8, 4) is 0 Å². The summed E-state index contributed by atoms with van der Waals surface area (Å²) < 4.78 is 5.48. The van der Waals surface area contributed by atoms with Crippen molar-refractivity contribution >= 4 is 0 Å². The number of hydrogen-bond donors (Lipinski definition) is 1. The Bertz CT molecular complexity index is 356. The van der Waals surface area contributed by atoms with Gasteiger partial charge in [0.05, 0.1) is 11.7 Å². The van der Waals surface area contributed by atoms with E-state index in [2.05, 4.69) is 31.2 Å². The van der Waals surface area contributed by atoms with Crippen molar-refractivity contribution in [2.45, 2.75) is 44.3 Å². The van der Waals surface area contributed by atoms with Gasteiger partial charge in [0, 0.05) is 7.11 Å². The van der Waals surface area contributed by atoms with E-state index in [1.807, 2.05) is 13.0 Å². The van der Waals surface area contributed by atoms with E-state index in [1.54, 1.807) is 7.11 Å². The second-order valence-electron chi connectivity index (χ2n) is 5.23. The van der Waals surface area contributed by atoms with Gasteiger partial charge in [0.1, 0.15) is 0 Å². The first-order chi connectivity index (χ1) is 8.12. The van der Waals surface area contributed by atoms with Crippen LogP contribution in [0.3, 0.4) is 0 Å². The minimum absolute atomic E-state index is 0.349. The van der Waals surface area contributed by atoms with Gasteiger partial charge >= 0.3 is 0 Å². The number of benzene rings is 1. The zero-order chi connectivity index (χ0) is 12.5. The number of hydrogen-bond acceptors (Lipinski definition) is 2. The maximum atomic E-state index is 10.4. The van der Waals surface area contributed by atoms with Crippen LogP contribution in [0.15, 0.2) is 30.3 Å². The first-order valence-corrected chi connectivity index (χ1v) is 6.40. The fourth-order valence-electron chi connectivity index (χ4n) is 2.57. The molecule has 17 heavy (non-hydrogen) atoms. The lowest BCUT2D eigenvalue weighted by molar-refractivity contribution is -0.101. The number of ether oxygens (including phenoxy) is 1. The smallest absolute Gasteiger partial charge is 0.0908 e. The SMILES string of the molecule is CCC(C)(OC)C(O)C1CC1c1ccccc1. The van der Waals surface area contributed by atoms with Gasteiger partial charge in [-0.1, -0.05) is 37.3 Å². The second kappa shape index (κ2) is 4.79. The van der Waals surface area contributed by atoms with E-state index < -0.39 is 5.60 Å². The first-order valence-electron chi connectivity index (χ1n) is 6.40. The fraction of sp³-hybridized carbons (Fsp3) is 0.600. The van der Waals surface area contributed by atoms with Crippen molar-refractivity contribution in [3.63, 3.8) is 0 Å². The van der Waals surface area contributed by atoms with Crippen LogP contribution < -0.4 is 0 Å². The summed E-state index contributed by atoms with van der Waals surface area (Å²) in [6.45, 7) is 4.06. The lowest BCUT2D eigenvalue weighted by atomic mass is 9.90. The van der Waals surface area contributed by atoms with Crippen LogP contribution >= 0.6 is 0 Å². The molecule has 0 radical (unpaired) electrons. The largest absolute Gasteiger partial charge is 0.390 e. The van der Waals surface area contributed by atoms with Gasteiger partial charge < -0.3 is 9.84 Å². The van der Waals surface area contributed by atoms with Crippen molar-refractivity contribution < 1.29 is 9.84 Å². The molecule has 4 atom stereocenters. The van der Waals surface area contributed by atoms with Gasteiger partial charge in [-0.15, -0.1) is 0 Å². The van der Waals surface area contributed by atoms with E-state index in [-0.39, 0.29) is 6.10 Å². The highest BCUT2D eigenvalue weighted by Gasteiger charge is 2.49. The average Bonchev–Trinajstić information content (AvgIpc) is 3.18. The second-order valence-corrected chi connectivity index (χ2v) is 5.23. The van der Waals surface area contributed by atoms with Crippen molar-refractivity contribution in [2.75, 3.05) is 7.11 Å². The van der Waals surface area contributed by atoms with E-state index in [0.29, 0.717) is 11.8 Å². The summed E-state index contributed by atoms with van der Waals surface area (Å²) >= 11 is 0. The quantitative estimate of drug-likeness (QED) is 0.848. The number of aliphatic hydroxyl groups excluding tert-OH is 1. The molecule has 0 spiro atoms. The third kappa shape index (κ3) is 2.38. The summed E-state index contributed by atoms with van der Waals surface area (Å²) in [7, 11) is 1.69. The first kappa shape index (κ1) is 12.6. The zero-order valence-corrected chi connectivity index (χ0v) is 10.9. The molecule has 0 bridgehead atoms. The summed E-state index contributed by atoms with van der Waals surface area (Å²) in [5, 5.41) is 10.4. The van der Waals surface area contributed by atoms with Crippen LogP contribution in [-0.2, 0) is 4.74 Å². The number of methoxy groups -OCH3 is 1. The standard InChI is InChI=1S/C15H22O2/c1-4-15(2,17-3)14(16)13-10-12(13)11-8-6-5-7-9-11/h5-9,12-14,16H,4,10H2,1-3H3. The van der Waals surface area contributed by atoms with Crippen LogP contribution in [0.25, 0.3) is 0 Å². The molecular formula is C15H22O2. The maximum Gasteiger partial charge on any atom is 0.0908 e. The van der Waals surface area contributed by atoms with Gasteiger partial charge in [0.25, 0.3) is 0 Å². The van der Waals surface area contributed by atoms with Crippen molar-refractivity contribution in [1.82, 2.24) is 0 Å². The molecule has 2 rings (SSSR count). The van der Waals surface area contributed by atoms with Crippen LogP contribution in [0.1, 0.15) is 38.2 Å². The predicted molar refractivity (Wildman–Crippen MR) is 69.0 cm³/mol. The topological polar surface area (TPSA) is 29.5 Å². The molecule has 1 aliphatic carbocycles. The lowest BCUT2D eigenvalue weighted by Gasteiger charge is -2.32. The molecule has 1 fully saturated rings. The predicted octanol–water partition coefficient (Wildman–Crippen LogP) is 2.97. The normalized spacial score (nSPS) is 28.5. The summed E-state index contributed by atoms with van der Waals surface area (Å²) in [5.41, 5.74) is 0.930. The molecule has 4 unspecified atom stereocenters. The van der Waals surface area contributed by atoms with E-state index in [1.165, 1.54) is 5.56 Å². The minimum Gasteiger partial charge on any atom is -0.390 e. The molecule has 1 aliphatic rings. The van der Waals surface area contributed by atoms with Gasteiger partial charge in [-0.25, -0.2) is 0 Å². The Labute approximate surface area is 104 Å². The van der Waals surface area contributed by atoms with E-state index in [4.69, 9.17) is 4.74 Å². The zero-order valence-electron chi connectivity index (χ0n) is 10.9. The summed E-state index contributed by atoms with van der Waals surface area (Å²) in [6, 6.07) is 10.4. The van der Waals surface area contributed by atoms with E-state index in [9.17, 15) is 5.11 Å².